The summed E-state index contributed by atoms with van der Waals surface area (Å²) in [5.74, 6) is 1.64. The topological polar surface area (TPSA) is 30.5 Å². The Morgan fingerprint density at radius 3 is 2.50 bits per heavy atom. The molecule has 3 nitrogen and oxygen atoms in total. The molecule has 0 heterocycles. The van der Waals surface area contributed by atoms with E-state index in [0.29, 0.717) is 6.04 Å². The molecule has 0 aliphatic carbocycles. The van der Waals surface area contributed by atoms with E-state index in [0.717, 1.165) is 17.9 Å². The highest BCUT2D eigenvalue weighted by Crippen LogP contribution is 2.36. The molecule has 0 radical (unpaired) electrons. The van der Waals surface area contributed by atoms with E-state index in [9.17, 15) is 0 Å². The van der Waals surface area contributed by atoms with E-state index in [2.05, 4.69) is 18.3 Å². The summed E-state index contributed by atoms with van der Waals surface area (Å²) in [6.07, 6.45) is 4.85. The molecular formula is C15H25NO2. The fourth-order valence-electron chi connectivity index (χ4n) is 2.24. The standard InChI is InChI=1S/C15H25NO2/c1-5-6-7-10-13(16-2)12-9-8-11-14(17-3)15(12)18-4/h8-9,11,13,16H,5-7,10H2,1-4H3. The normalized spacial score (nSPS) is 12.2. The Morgan fingerprint density at radius 2 is 1.94 bits per heavy atom. The zero-order valence-electron chi connectivity index (χ0n) is 12.0. The Labute approximate surface area is 110 Å². The summed E-state index contributed by atoms with van der Waals surface area (Å²) >= 11 is 0. The molecule has 0 amide bonds. The molecule has 0 saturated carbocycles. The fourth-order valence-corrected chi connectivity index (χ4v) is 2.24. The van der Waals surface area contributed by atoms with Crippen molar-refractivity contribution in [2.24, 2.45) is 0 Å². The molecule has 0 aliphatic heterocycles. The smallest absolute Gasteiger partial charge is 0.165 e. The van der Waals surface area contributed by atoms with Gasteiger partial charge in [-0.3, -0.25) is 0 Å². The second-order valence-electron chi connectivity index (χ2n) is 4.42. The molecular weight excluding hydrogens is 226 g/mol. The van der Waals surface area contributed by atoms with Crippen molar-refractivity contribution >= 4 is 0 Å². The van der Waals surface area contributed by atoms with E-state index in [4.69, 9.17) is 9.47 Å². The first-order chi connectivity index (χ1) is 8.78. The van der Waals surface area contributed by atoms with Gasteiger partial charge in [0.05, 0.1) is 14.2 Å². The Hall–Kier alpha value is -1.22. The number of hydrogen-bond acceptors (Lipinski definition) is 3. The predicted octanol–water partition coefficient (Wildman–Crippen LogP) is 3.54. The molecule has 0 aromatic heterocycles. The molecule has 0 bridgehead atoms. The zero-order valence-corrected chi connectivity index (χ0v) is 12.0. The minimum atomic E-state index is 0.321. The molecule has 0 fully saturated rings. The quantitative estimate of drug-likeness (QED) is 0.717. The van der Waals surface area contributed by atoms with Gasteiger partial charge < -0.3 is 14.8 Å². The third-order valence-corrected chi connectivity index (χ3v) is 3.25. The van der Waals surface area contributed by atoms with Crippen molar-refractivity contribution in [3.05, 3.63) is 23.8 Å². The Morgan fingerprint density at radius 1 is 1.17 bits per heavy atom. The van der Waals surface area contributed by atoms with Crippen LogP contribution in [0, 0.1) is 0 Å². The van der Waals surface area contributed by atoms with Crippen molar-refractivity contribution in [1.82, 2.24) is 5.32 Å². The molecule has 1 rings (SSSR count). The number of hydrogen-bond donors (Lipinski definition) is 1. The molecule has 0 spiro atoms. The molecule has 1 aromatic carbocycles. The lowest BCUT2D eigenvalue weighted by atomic mass is 9.99. The van der Waals surface area contributed by atoms with Crippen LogP contribution in [-0.2, 0) is 0 Å². The van der Waals surface area contributed by atoms with Crippen LogP contribution in [0.25, 0.3) is 0 Å². The van der Waals surface area contributed by atoms with Gasteiger partial charge in [0.1, 0.15) is 0 Å². The monoisotopic (exact) mass is 251 g/mol. The molecule has 102 valence electrons. The number of ether oxygens (including phenoxy) is 2. The first-order valence-corrected chi connectivity index (χ1v) is 6.66. The lowest BCUT2D eigenvalue weighted by Gasteiger charge is -2.20. The van der Waals surface area contributed by atoms with Crippen LogP contribution in [0.3, 0.4) is 0 Å². The van der Waals surface area contributed by atoms with Crippen LogP contribution in [0.2, 0.25) is 0 Å². The molecule has 3 heteroatoms. The van der Waals surface area contributed by atoms with E-state index in [1.54, 1.807) is 14.2 Å². The fraction of sp³-hybridized carbons (Fsp3) is 0.600. The van der Waals surface area contributed by atoms with Crippen LogP contribution in [0.5, 0.6) is 11.5 Å². The first-order valence-electron chi connectivity index (χ1n) is 6.66. The van der Waals surface area contributed by atoms with E-state index in [1.807, 2.05) is 19.2 Å². The second-order valence-corrected chi connectivity index (χ2v) is 4.42. The van der Waals surface area contributed by atoms with Gasteiger partial charge in [-0.1, -0.05) is 38.3 Å². The van der Waals surface area contributed by atoms with Gasteiger partial charge in [0.25, 0.3) is 0 Å². The van der Waals surface area contributed by atoms with E-state index < -0.39 is 0 Å². The van der Waals surface area contributed by atoms with Crippen LogP contribution >= 0.6 is 0 Å². The molecule has 1 N–H and O–H groups in total. The van der Waals surface area contributed by atoms with Crippen LogP contribution in [0.15, 0.2) is 18.2 Å². The maximum absolute atomic E-state index is 5.49. The number of rotatable bonds is 8. The highest BCUT2D eigenvalue weighted by molar-refractivity contribution is 5.48. The number of methoxy groups -OCH3 is 2. The van der Waals surface area contributed by atoms with Gasteiger partial charge in [0.15, 0.2) is 11.5 Å². The largest absolute Gasteiger partial charge is 0.493 e. The van der Waals surface area contributed by atoms with E-state index in [-0.39, 0.29) is 0 Å². The number of unbranched alkanes of at least 4 members (excludes halogenated alkanes) is 2. The lowest BCUT2D eigenvalue weighted by molar-refractivity contribution is 0.345. The molecule has 1 unspecified atom stereocenters. The minimum absolute atomic E-state index is 0.321. The summed E-state index contributed by atoms with van der Waals surface area (Å²) in [6, 6.07) is 6.37. The van der Waals surface area contributed by atoms with Gasteiger partial charge in [-0.2, -0.15) is 0 Å². The molecule has 0 aliphatic rings. The summed E-state index contributed by atoms with van der Waals surface area (Å²) < 4.78 is 10.8. The minimum Gasteiger partial charge on any atom is -0.493 e. The van der Waals surface area contributed by atoms with E-state index >= 15 is 0 Å². The van der Waals surface area contributed by atoms with Gasteiger partial charge in [0, 0.05) is 11.6 Å². The van der Waals surface area contributed by atoms with Crippen molar-refractivity contribution in [2.45, 2.75) is 38.6 Å². The maximum atomic E-state index is 5.49. The summed E-state index contributed by atoms with van der Waals surface area (Å²) in [5, 5.41) is 3.37. The predicted molar refractivity (Wildman–Crippen MR) is 75.5 cm³/mol. The highest BCUT2D eigenvalue weighted by atomic mass is 16.5. The summed E-state index contributed by atoms with van der Waals surface area (Å²) in [5.41, 5.74) is 1.18. The van der Waals surface area contributed by atoms with Crippen molar-refractivity contribution in [3.8, 4) is 11.5 Å². The second kappa shape index (κ2) is 7.98. The summed E-state index contributed by atoms with van der Waals surface area (Å²) in [4.78, 5) is 0. The molecule has 1 atom stereocenters. The maximum Gasteiger partial charge on any atom is 0.165 e. The Kier molecular flexibility index (Phi) is 6.58. The van der Waals surface area contributed by atoms with Crippen molar-refractivity contribution in [2.75, 3.05) is 21.3 Å². The van der Waals surface area contributed by atoms with Gasteiger partial charge in [-0.25, -0.2) is 0 Å². The zero-order chi connectivity index (χ0) is 13.4. The average Bonchev–Trinajstić information content (AvgIpc) is 2.42. The number of para-hydroxylation sites is 1. The van der Waals surface area contributed by atoms with Gasteiger partial charge in [0.2, 0.25) is 0 Å². The van der Waals surface area contributed by atoms with Crippen LogP contribution < -0.4 is 14.8 Å². The summed E-state index contributed by atoms with van der Waals surface area (Å²) in [7, 11) is 5.36. The van der Waals surface area contributed by atoms with Crippen molar-refractivity contribution < 1.29 is 9.47 Å². The third kappa shape index (κ3) is 3.64. The van der Waals surface area contributed by atoms with Crippen LogP contribution in [0.1, 0.15) is 44.2 Å². The molecule has 1 aromatic rings. The Bertz CT molecular complexity index is 352. The van der Waals surface area contributed by atoms with Gasteiger partial charge in [-0.15, -0.1) is 0 Å². The van der Waals surface area contributed by atoms with Gasteiger partial charge >= 0.3 is 0 Å². The SMILES string of the molecule is CCCCCC(NC)c1cccc(OC)c1OC. The highest BCUT2D eigenvalue weighted by Gasteiger charge is 2.17. The summed E-state index contributed by atoms with van der Waals surface area (Å²) in [6.45, 7) is 2.22. The number of benzene rings is 1. The van der Waals surface area contributed by atoms with Crippen molar-refractivity contribution in [1.29, 1.82) is 0 Å². The van der Waals surface area contributed by atoms with Crippen LogP contribution in [0.4, 0.5) is 0 Å². The average molecular weight is 251 g/mol. The van der Waals surface area contributed by atoms with Crippen molar-refractivity contribution in [3.63, 3.8) is 0 Å². The molecule has 18 heavy (non-hydrogen) atoms. The first kappa shape index (κ1) is 14.8. The van der Waals surface area contributed by atoms with E-state index in [1.165, 1.54) is 24.8 Å². The third-order valence-electron chi connectivity index (χ3n) is 3.25. The van der Waals surface area contributed by atoms with Gasteiger partial charge in [-0.05, 0) is 19.5 Å². The molecule has 0 saturated heterocycles. The lowest BCUT2D eigenvalue weighted by Crippen LogP contribution is -2.17. The Balaban J connectivity index is 2.90. The van der Waals surface area contributed by atoms with Crippen LogP contribution in [-0.4, -0.2) is 21.3 Å². The number of nitrogens with one attached hydrogen (secondary N) is 1.